The molecule has 0 amide bonds. The van der Waals surface area contributed by atoms with E-state index in [-0.39, 0.29) is 5.56 Å². The van der Waals surface area contributed by atoms with E-state index in [1.54, 1.807) is 17.4 Å². The number of halogens is 2. The summed E-state index contributed by atoms with van der Waals surface area (Å²) in [4.78, 5) is 0. The van der Waals surface area contributed by atoms with E-state index in [9.17, 15) is 9.50 Å². The molecule has 2 aromatic rings. The Hall–Kier alpha value is -0.900. The molecule has 0 saturated heterocycles. The molecule has 0 fully saturated rings. The zero-order chi connectivity index (χ0) is 11.5. The average molecular weight is 257 g/mol. The molecular formula is C12H10ClFOS. The second-order valence-corrected chi connectivity index (χ2v) is 4.73. The van der Waals surface area contributed by atoms with Crippen LogP contribution in [0, 0.1) is 5.82 Å². The first-order valence-electron chi connectivity index (χ1n) is 4.81. The molecule has 1 N–H and O–H groups in total. The van der Waals surface area contributed by atoms with E-state index < -0.39 is 11.9 Å². The zero-order valence-corrected chi connectivity index (χ0v) is 9.93. The lowest BCUT2D eigenvalue weighted by atomic mass is 10.0. The molecule has 4 heteroatoms. The fraction of sp³-hybridized carbons (Fsp3) is 0.167. The summed E-state index contributed by atoms with van der Waals surface area (Å²) in [6, 6.07) is 6.24. The van der Waals surface area contributed by atoms with E-state index in [4.69, 9.17) is 11.6 Å². The molecule has 1 nitrogen and oxygen atoms in total. The highest BCUT2D eigenvalue weighted by molar-refractivity contribution is 7.07. The SMILES string of the molecule is OC(Cc1ccsc1)c1ccc(Cl)cc1F. The van der Waals surface area contributed by atoms with Gasteiger partial charge >= 0.3 is 0 Å². The maximum Gasteiger partial charge on any atom is 0.130 e. The lowest BCUT2D eigenvalue weighted by Gasteiger charge is -2.11. The summed E-state index contributed by atoms with van der Waals surface area (Å²) < 4.78 is 13.5. The molecule has 1 atom stereocenters. The molecule has 0 aliphatic rings. The molecule has 1 aromatic carbocycles. The molecule has 0 aliphatic heterocycles. The van der Waals surface area contributed by atoms with Gasteiger partial charge in [0.25, 0.3) is 0 Å². The number of thiophene rings is 1. The summed E-state index contributed by atoms with van der Waals surface area (Å²) in [5.41, 5.74) is 1.29. The lowest BCUT2D eigenvalue weighted by Crippen LogP contribution is -2.03. The van der Waals surface area contributed by atoms with Gasteiger partial charge < -0.3 is 5.11 Å². The Labute approximate surface area is 102 Å². The molecular weight excluding hydrogens is 247 g/mol. The van der Waals surface area contributed by atoms with Gasteiger partial charge in [-0.3, -0.25) is 0 Å². The van der Waals surface area contributed by atoms with Crippen LogP contribution in [0.2, 0.25) is 5.02 Å². The zero-order valence-electron chi connectivity index (χ0n) is 8.36. The normalized spacial score (nSPS) is 12.7. The fourth-order valence-electron chi connectivity index (χ4n) is 1.51. The van der Waals surface area contributed by atoms with Crippen LogP contribution in [0.25, 0.3) is 0 Å². The van der Waals surface area contributed by atoms with Crippen LogP contribution in [0.3, 0.4) is 0 Å². The fourth-order valence-corrected chi connectivity index (χ4v) is 2.35. The van der Waals surface area contributed by atoms with Crippen LogP contribution in [0.15, 0.2) is 35.0 Å². The molecule has 1 aromatic heterocycles. The van der Waals surface area contributed by atoms with Crippen molar-refractivity contribution >= 4 is 22.9 Å². The first-order chi connectivity index (χ1) is 7.66. The molecule has 2 rings (SSSR count). The van der Waals surface area contributed by atoms with Gasteiger partial charge in [0.15, 0.2) is 0 Å². The Balaban J connectivity index is 2.17. The monoisotopic (exact) mass is 256 g/mol. The molecule has 1 heterocycles. The predicted octanol–water partition coefficient (Wildman–Crippen LogP) is 3.82. The van der Waals surface area contributed by atoms with Crippen molar-refractivity contribution in [1.82, 2.24) is 0 Å². The predicted molar refractivity (Wildman–Crippen MR) is 64.4 cm³/mol. The number of rotatable bonds is 3. The molecule has 0 bridgehead atoms. The number of hydrogen-bond acceptors (Lipinski definition) is 2. The third-order valence-electron chi connectivity index (χ3n) is 2.33. The Bertz CT molecular complexity index is 470. The van der Waals surface area contributed by atoms with Gasteiger partial charge in [-0.15, -0.1) is 0 Å². The molecule has 84 valence electrons. The van der Waals surface area contributed by atoms with Crippen molar-refractivity contribution in [2.24, 2.45) is 0 Å². The van der Waals surface area contributed by atoms with Gasteiger partial charge in [0.1, 0.15) is 5.82 Å². The Kier molecular flexibility index (Phi) is 3.59. The Morgan fingerprint density at radius 1 is 1.38 bits per heavy atom. The largest absolute Gasteiger partial charge is 0.388 e. The third kappa shape index (κ3) is 2.61. The number of aliphatic hydroxyl groups is 1. The van der Waals surface area contributed by atoms with E-state index in [1.807, 2.05) is 16.8 Å². The molecule has 0 aliphatic carbocycles. The average Bonchev–Trinajstić information content (AvgIpc) is 2.70. The number of aliphatic hydroxyl groups excluding tert-OH is 1. The second kappa shape index (κ2) is 4.95. The van der Waals surface area contributed by atoms with Crippen LogP contribution in [0.4, 0.5) is 4.39 Å². The minimum Gasteiger partial charge on any atom is -0.388 e. The van der Waals surface area contributed by atoms with Gasteiger partial charge in [0, 0.05) is 17.0 Å². The van der Waals surface area contributed by atoms with Crippen molar-refractivity contribution in [3.05, 3.63) is 57.0 Å². The summed E-state index contributed by atoms with van der Waals surface area (Å²) in [5.74, 6) is -0.463. The van der Waals surface area contributed by atoms with Crippen LogP contribution in [-0.2, 0) is 6.42 Å². The lowest BCUT2D eigenvalue weighted by molar-refractivity contribution is 0.174. The van der Waals surface area contributed by atoms with Crippen molar-refractivity contribution < 1.29 is 9.50 Å². The van der Waals surface area contributed by atoms with E-state index in [0.29, 0.717) is 11.4 Å². The molecule has 16 heavy (non-hydrogen) atoms. The Morgan fingerprint density at radius 2 is 2.19 bits per heavy atom. The van der Waals surface area contributed by atoms with Gasteiger partial charge in [-0.05, 0) is 34.5 Å². The summed E-state index contributed by atoms with van der Waals surface area (Å²) in [5, 5.41) is 14.1. The topological polar surface area (TPSA) is 20.2 Å². The van der Waals surface area contributed by atoms with Gasteiger partial charge in [0.05, 0.1) is 6.10 Å². The highest BCUT2D eigenvalue weighted by Gasteiger charge is 2.13. The van der Waals surface area contributed by atoms with Gasteiger partial charge in [-0.2, -0.15) is 11.3 Å². The van der Waals surface area contributed by atoms with Crippen LogP contribution in [0.1, 0.15) is 17.2 Å². The summed E-state index contributed by atoms with van der Waals surface area (Å²) in [6.07, 6.45) is -0.408. The third-order valence-corrected chi connectivity index (χ3v) is 3.30. The second-order valence-electron chi connectivity index (χ2n) is 3.52. The first-order valence-corrected chi connectivity index (χ1v) is 6.13. The van der Waals surface area contributed by atoms with Crippen LogP contribution in [-0.4, -0.2) is 5.11 Å². The highest BCUT2D eigenvalue weighted by atomic mass is 35.5. The maximum absolute atomic E-state index is 13.5. The number of hydrogen-bond donors (Lipinski definition) is 1. The van der Waals surface area contributed by atoms with Crippen LogP contribution in [0.5, 0.6) is 0 Å². The highest BCUT2D eigenvalue weighted by Crippen LogP contribution is 2.24. The van der Waals surface area contributed by atoms with Crippen molar-refractivity contribution in [1.29, 1.82) is 0 Å². The smallest absolute Gasteiger partial charge is 0.130 e. The quantitative estimate of drug-likeness (QED) is 0.885. The summed E-state index contributed by atoms with van der Waals surface area (Å²) in [6.45, 7) is 0. The van der Waals surface area contributed by atoms with Crippen molar-refractivity contribution in [2.45, 2.75) is 12.5 Å². The van der Waals surface area contributed by atoms with Crippen LogP contribution >= 0.6 is 22.9 Å². The summed E-state index contributed by atoms with van der Waals surface area (Å²) >= 11 is 7.20. The standard InChI is InChI=1S/C12H10ClFOS/c13-9-1-2-10(11(14)6-9)12(15)5-8-3-4-16-7-8/h1-4,6-7,12,15H,5H2. The molecule has 0 saturated carbocycles. The van der Waals surface area contributed by atoms with Crippen molar-refractivity contribution in [2.75, 3.05) is 0 Å². The molecule has 0 radical (unpaired) electrons. The van der Waals surface area contributed by atoms with E-state index >= 15 is 0 Å². The van der Waals surface area contributed by atoms with Crippen LogP contribution < -0.4 is 0 Å². The molecule has 1 unspecified atom stereocenters. The van der Waals surface area contributed by atoms with E-state index in [1.165, 1.54) is 12.1 Å². The maximum atomic E-state index is 13.5. The van der Waals surface area contributed by atoms with Gasteiger partial charge in [-0.25, -0.2) is 4.39 Å². The van der Waals surface area contributed by atoms with Gasteiger partial charge in [-0.1, -0.05) is 17.7 Å². The van der Waals surface area contributed by atoms with Crippen molar-refractivity contribution in [3.63, 3.8) is 0 Å². The Morgan fingerprint density at radius 3 is 2.81 bits per heavy atom. The van der Waals surface area contributed by atoms with E-state index in [2.05, 4.69) is 0 Å². The minimum atomic E-state index is -0.827. The minimum absolute atomic E-state index is 0.288. The van der Waals surface area contributed by atoms with Gasteiger partial charge in [0.2, 0.25) is 0 Å². The van der Waals surface area contributed by atoms with Crippen molar-refractivity contribution in [3.8, 4) is 0 Å². The molecule has 0 spiro atoms. The van der Waals surface area contributed by atoms with E-state index in [0.717, 1.165) is 5.56 Å². The number of benzene rings is 1. The first kappa shape index (κ1) is 11.6. The summed E-state index contributed by atoms with van der Waals surface area (Å²) in [7, 11) is 0.